The fourth-order valence-electron chi connectivity index (χ4n) is 8.31. The number of allylic oxidation sites excluding steroid dienone is 2. The molecule has 0 bridgehead atoms. The number of H-pyrrole nitrogens is 1. The van der Waals surface area contributed by atoms with Gasteiger partial charge >= 0.3 is 0 Å². The summed E-state index contributed by atoms with van der Waals surface area (Å²) in [7, 11) is 4.58. The third kappa shape index (κ3) is 8.63. The Bertz CT molecular complexity index is 2440. The van der Waals surface area contributed by atoms with E-state index >= 15 is 0 Å². The molecule has 12 nitrogen and oxygen atoms in total. The van der Waals surface area contributed by atoms with Crippen molar-refractivity contribution in [1.29, 1.82) is 0 Å². The second-order valence-electron chi connectivity index (χ2n) is 14.9. The number of rotatable bonds is 17. The number of likely N-dealkylation sites (tertiary alicyclic amines) is 1. The van der Waals surface area contributed by atoms with Crippen LogP contribution in [0.25, 0.3) is 22.1 Å². The Morgan fingerprint density at radius 2 is 1.61 bits per heavy atom. The largest absolute Gasteiger partial charge is 0.493 e. The first-order valence-corrected chi connectivity index (χ1v) is 20.3. The number of hydrogen-bond donors (Lipinski definition) is 2. The zero-order valence-corrected chi connectivity index (χ0v) is 34.4. The molecule has 0 aliphatic carbocycles. The Morgan fingerprint density at radius 1 is 0.898 bits per heavy atom. The van der Waals surface area contributed by atoms with Crippen LogP contribution in [0.15, 0.2) is 97.1 Å². The highest BCUT2D eigenvalue weighted by molar-refractivity contribution is 6.15. The van der Waals surface area contributed by atoms with E-state index in [1.54, 1.807) is 18.2 Å². The van der Waals surface area contributed by atoms with Gasteiger partial charge in [-0.1, -0.05) is 67.6 Å². The number of aromatic amines is 1. The lowest BCUT2D eigenvalue weighted by Gasteiger charge is -2.38. The molecule has 4 aromatic carbocycles. The molecule has 6 aromatic rings. The van der Waals surface area contributed by atoms with Crippen LogP contribution in [0, 0.1) is 5.92 Å². The minimum Gasteiger partial charge on any atom is -0.493 e. The zero-order chi connectivity index (χ0) is 41.5. The molecule has 3 heterocycles. The van der Waals surface area contributed by atoms with Gasteiger partial charge < -0.3 is 34.0 Å². The van der Waals surface area contributed by atoms with Gasteiger partial charge in [-0.05, 0) is 87.7 Å². The topological polar surface area (TPSA) is 141 Å². The lowest BCUT2D eigenvalue weighted by Crippen LogP contribution is -2.44. The molecule has 1 amide bonds. The number of ketones is 2. The van der Waals surface area contributed by atoms with E-state index in [9.17, 15) is 14.4 Å². The SMILES string of the molecule is CC=CCn1c(C(=O)c2cccc3[nH]c(C(=O)C4CCN(C(CC)CC(CNC(=O)c5cc(OC)c(OC)c(OC)c5)c5ccccc5)CC4)nc23)nc2ccccc21. The number of benzene rings is 4. The van der Waals surface area contributed by atoms with Gasteiger partial charge in [-0.2, -0.15) is 0 Å². The van der Waals surface area contributed by atoms with E-state index < -0.39 is 0 Å². The number of fused-ring (bicyclic) bond motifs is 2. The predicted molar refractivity (Wildman–Crippen MR) is 229 cm³/mol. The number of Topliss-reactive ketones (excluding diaryl/α,β-unsaturated/α-hetero) is 1. The average Bonchev–Trinajstić information content (AvgIpc) is 3.90. The number of methoxy groups -OCH3 is 3. The molecule has 2 atom stereocenters. The Labute approximate surface area is 344 Å². The molecule has 0 saturated carbocycles. The summed E-state index contributed by atoms with van der Waals surface area (Å²) in [5, 5.41) is 3.17. The summed E-state index contributed by atoms with van der Waals surface area (Å²) < 4.78 is 18.3. The third-order valence-electron chi connectivity index (χ3n) is 11.5. The van der Waals surface area contributed by atoms with Crippen molar-refractivity contribution in [3.05, 3.63) is 125 Å². The summed E-state index contributed by atoms with van der Waals surface area (Å²) in [6, 6.07) is 27.0. The van der Waals surface area contributed by atoms with Crippen LogP contribution >= 0.6 is 0 Å². The van der Waals surface area contributed by atoms with Crippen molar-refractivity contribution >= 4 is 39.5 Å². The monoisotopic (exact) mass is 796 g/mol. The van der Waals surface area contributed by atoms with Gasteiger partial charge in [-0.25, -0.2) is 9.97 Å². The normalized spacial score (nSPS) is 14.7. The molecule has 2 aromatic heterocycles. The molecule has 306 valence electrons. The van der Waals surface area contributed by atoms with E-state index in [0.717, 1.165) is 42.5 Å². The number of nitrogens with one attached hydrogen (secondary N) is 2. The summed E-state index contributed by atoms with van der Waals surface area (Å²) in [4.78, 5) is 56.8. The van der Waals surface area contributed by atoms with Crippen molar-refractivity contribution in [3.8, 4) is 17.2 Å². The highest BCUT2D eigenvalue weighted by Crippen LogP contribution is 2.38. The number of amides is 1. The van der Waals surface area contributed by atoms with Crippen LogP contribution in [-0.4, -0.2) is 88.9 Å². The minimum absolute atomic E-state index is 0.0377. The van der Waals surface area contributed by atoms with E-state index in [1.807, 2.05) is 78.2 Å². The number of aromatic nitrogens is 4. The van der Waals surface area contributed by atoms with Gasteiger partial charge in [-0.3, -0.25) is 14.4 Å². The molecule has 1 saturated heterocycles. The quantitative estimate of drug-likeness (QED) is 0.0694. The highest BCUT2D eigenvalue weighted by atomic mass is 16.5. The number of carbonyl (C=O) groups excluding carboxylic acids is 3. The second-order valence-corrected chi connectivity index (χ2v) is 14.9. The lowest BCUT2D eigenvalue weighted by atomic mass is 9.87. The maximum atomic E-state index is 14.1. The minimum atomic E-state index is -0.240. The molecule has 0 radical (unpaired) electrons. The van der Waals surface area contributed by atoms with Gasteiger partial charge in [0, 0.05) is 36.5 Å². The fourth-order valence-corrected chi connectivity index (χ4v) is 8.31. The Balaban J connectivity index is 1.03. The maximum Gasteiger partial charge on any atom is 0.251 e. The van der Waals surface area contributed by atoms with Crippen LogP contribution in [0.3, 0.4) is 0 Å². The van der Waals surface area contributed by atoms with Gasteiger partial charge in [0.15, 0.2) is 23.1 Å². The second kappa shape index (κ2) is 18.5. The number of carbonyl (C=O) groups is 3. The molecule has 1 aliphatic heterocycles. The summed E-state index contributed by atoms with van der Waals surface area (Å²) in [6.07, 6.45) is 7.09. The van der Waals surface area contributed by atoms with Crippen LogP contribution in [0.1, 0.15) is 88.2 Å². The molecule has 1 aliphatic rings. The summed E-state index contributed by atoms with van der Waals surface area (Å²) >= 11 is 0. The summed E-state index contributed by atoms with van der Waals surface area (Å²) in [5.41, 5.74) is 4.71. The standard InChI is InChI=1S/C47H52N6O6/c1-6-8-23-53-38-20-13-12-18-36(38)50-46(53)43(55)35-17-14-19-37-41(35)51-45(49-37)42(54)31-21-24-52(25-22-31)34(7-2)26-33(30-15-10-9-11-16-30)29-48-47(56)32-27-39(57-3)44(59-5)40(28-32)58-4/h6,8-20,27-28,31,33-34H,7,21-26,29H2,1-5H3,(H,48,56)(H,49,51). The van der Waals surface area contributed by atoms with Gasteiger partial charge in [0.2, 0.25) is 17.3 Å². The van der Waals surface area contributed by atoms with Gasteiger partial charge in [0.25, 0.3) is 5.91 Å². The van der Waals surface area contributed by atoms with Crippen molar-refractivity contribution in [1.82, 2.24) is 29.7 Å². The fraction of sp³-hybridized carbons (Fsp3) is 0.340. The van der Waals surface area contributed by atoms with Crippen molar-refractivity contribution < 1.29 is 28.6 Å². The molecule has 7 rings (SSSR count). The number of imidazole rings is 2. The van der Waals surface area contributed by atoms with Crippen LogP contribution in [0.5, 0.6) is 17.2 Å². The molecule has 2 N–H and O–H groups in total. The van der Waals surface area contributed by atoms with Crippen LogP contribution < -0.4 is 19.5 Å². The first-order valence-electron chi connectivity index (χ1n) is 20.3. The van der Waals surface area contributed by atoms with E-state index in [2.05, 4.69) is 34.3 Å². The highest BCUT2D eigenvalue weighted by Gasteiger charge is 2.32. The van der Waals surface area contributed by atoms with E-state index in [1.165, 1.54) is 21.3 Å². The molecule has 12 heteroatoms. The molecular weight excluding hydrogens is 745 g/mol. The first-order chi connectivity index (χ1) is 28.8. The van der Waals surface area contributed by atoms with Crippen molar-refractivity contribution in [2.24, 2.45) is 5.92 Å². The van der Waals surface area contributed by atoms with Crippen LogP contribution in [0.2, 0.25) is 0 Å². The predicted octanol–water partition coefficient (Wildman–Crippen LogP) is 8.02. The van der Waals surface area contributed by atoms with E-state index in [0.29, 0.717) is 71.2 Å². The number of ether oxygens (including phenoxy) is 3. The lowest BCUT2D eigenvalue weighted by molar-refractivity contribution is 0.0760. The Morgan fingerprint density at radius 3 is 2.29 bits per heavy atom. The Hall–Kier alpha value is -6.27. The van der Waals surface area contributed by atoms with Crippen LogP contribution in [-0.2, 0) is 6.54 Å². The third-order valence-corrected chi connectivity index (χ3v) is 11.5. The molecule has 0 spiro atoms. The molecular formula is C47H52N6O6. The smallest absolute Gasteiger partial charge is 0.251 e. The van der Waals surface area contributed by atoms with Crippen molar-refractivity contribution in [2.45, 2.75) is 58.0 Å². The number of para-hydroxylation sites is 3. The average molecular weight is 797 g/mol. The number of hydrogen-bond acceptors (Lipinski definition) is 9. The van der Waals surface area contributed by atoms with Crippen molar-refractivity contribution in [3.63, 3.8) is 0 Å². The molecule has 2 unspecified atom stereocenters. The van der Waals surface area contributed by atoms with E-state index in [4.69, 9.17) is 24.2 Å². The molecule has 1 fully saturated rings. The first kappa shape index (κ1) is 40.9. The van der Waals surface area contributed by atoms with Gasteiger partial charge in [0.1, 0.15) is 5.52 Å². The summed E-state index contributed by atoms with van der Waals surface area (Å²) in [6.45, 7) is 6.62. The maximum absolute atomic E-state index is 14.1. The van der Waals surface area contributed by atoms with Crippen LogP contribution in [0.4, 0.5) is 0 Å². The zero-order valence-electron chi connectivity index (χ0n) is 34.4. The van der Waals surface area contributed by atoms with Crippen molar-refractivity contribution in [2.75, 3.05) is 41.0 Å². The summed E-state index contributed by atoms with van der Waals surface area (Å²) in [5.74, 6) is 1.22. The van der Waals surface area contributed by atoms with Gasteiger partial charge in [0.05, 0.1) is 43.4 Å². The van der Waals surface area contributed by atoms with Gasteiger partial charge in [-0.15, -0.1) is 0 Å². The van der Waals surface area contributed by atoms with E-state index in [-0.39, 0.29) is 41.2 Å². The number of piperidine rings is 1. The molecule has 59 heavy (non-hydrogen) atoms. The Kier molecular flexibility index (Phi) is 12.9. The number of nitrogens with zero attached hydrogens (tertiary/aromatic N) is 4.